The molecule has 0 amide bonds. The van der Waals surface area contributed by atoms with Crippen molar-refractivity contribution < 1.29 is 0 Å². The molecule has 1 unspecified atom stereocenters. The SMILES string of the molecule is Cc1ccc(C(C)NCc2ncccc2C)cc1. The Morgan fingerprint density at radius 3 is 2.50 bits per heavy atom. The molecule has 0 aliphatic heterocycles. The lowest BCUT2D eigenvalue weighted by Gasteiger charge is -2.15. The van der Waals surface area contributed by atoms with Crippen LogP contribution in [0.15, 0.2) is 42.6 Å². The molecular weight excluding hydrogens is 220 g/mol. The van der Waals surface area contributed by atoms with E-state index < -0.39 is 0 Å². The zero-order chi connectivity index (χ0) is 13.0. The molecule has 0 radical (unpaired) electrons. The minimum Gasteiger partial charge on any atom is -0.305 e. The Morgan fingerprint density at radius 1 is 1.11 bits per heavy atom. The van der Waals surface area contributed by atoms with Gasteiger partial charge in [-0.3, -0.25) is 4.98 Å². The van der Waals surface area contributed by atoms with Crippen LogP contribution >= 0.6 is 0 Å². The lowest BCUT2D eigenvalue weighted by molar-refractivity contribution is 0.566. The summed E-state index contributed by atoms with van der Waals surface area (Å²) in [4.78, 5) is 4.40. The second-order valence-corrected chi connectivity index (χ2v) is 4.78. The first-order chi connectivity index (χ1) is 8.66. The molecule has 2 rings (SSSR count). The zero-order valence-corrected chi connectivity index (χ0v) is 11.3. The van der Waals surface area contributed by atoms with Crippen LogP contribution in [0.2, 0.25) is 0 Å². The van der Waals surface area contributed by atoms with Gasteiger partial charge >= 0.3 is 0 Å². The van der Waals surface area contributed by atoms with Crippen LogP contribution in [0.25, 0.3) is 0 Å². The van der Waals surface area contributed by atoms with Gasteiger partial charge in [0, 0.05) is 18.8 Å². The van der Waals surface area contributed by atoms with Crippen LogP contribution in [-0.4, -0.2) is 4.98 Å². The standard InChI is InChI=1S/C16H20N2/c1-12-6-8-15(9-7-12)14(3)18-11-16-13(2)5-4-10-17-16/h4-10,14,18H,11H2,1-3H3. The maximum Gasteiger partial charge on any atom is 0.0570 e. The molecule has 94 valence electrons. The molecule has 1 atom stereocenters. The van der Waals surface area contributed by atoms with Gasteiger partial charge in [0.2, 0.25) is 0 Å². The first kappa shape index (κ1) is 12.8. The highest BCUT2D eigenvalue weighted by molar-refractivity contribution is 5.24. The molecule has 0 saturated carbocycles. The molecule has 1 aromatic carbocycles. The van der Waals surface area contributed by atoms with E-state index in [4.69, 9.17) is 0 Å². The molecule has 0 fully saturated rings. The van der Waals surface area contributed by atoms with E-state index in [-0.39, 0.29) is 0 Å². The lowest BCUT2D eigenvalue weighted by Crippen LogP contribution is -2.19. The lowest BCUT2D eigenvalue weighted by atomic mass is 10.1. The van der Waals surface area contributed by atoms with E-state index in [1.165, 1.54) is 16.7 Å². The number of hydrogen-bond donors (Lipinski definition) is 1. The average molecular weight is 240 g/mol. The van der Waals surface area contributed by atoms with Crippen LogP contribution in [0.1, 0.15) is 35.3 Å². The number of benzene rings is 1. The van der Waals surface area contributed by atoms with Crippen molar-refractivity contribution in [3.05, 3.63) is 65.0 Å². The van der Waals surface area contributed by atoms with Crippen LogP contribution in [-0.2, 0) is 6.54 Å². The Labute approximate surface area is 109 Å². The van der Waals surface area contributed by atoms with Crippen molar-refractivity contribution >= 4 is 0 Å². The molecule has 2 nitrogen and oxygen atoms in total. The Kier molecular flexibility index (Phi) is 4.11. The van der Waals surface area contributed by atoms with Gasteiger partial charge in [-0.05, 0) is 38.0 Å². The summed E-state index contributed by atoms with van der Waals surface area (Å²) in [6.45, 7) is 7.20. The average Bonchev–Trinajstić information content (AvgIpc) is 2.38. The smallest absolute Gasteiger partial charge is 0.0570 e. The van der Waals surface area contributed by atoms with E-state index in [1.54, 1.807) is 0 Å². The Hall–Kier alpha value is -1.67. The van der Waals surface area contributed by atoms with Crippen LogP contribution in [0, 0.1) is 13.8 Å². The summed E-state index contributed by atoms with van der Waals surface area (Å²) in [6, 6.07) is 13.1. The van der Waals surface area contributed by atoms with Gasteiger partial charge in [-0.25, -0.2) is 0 Å². The van der Waals surface area contributed by atoms with E-state index in [9.17, 15) is 0 Å². The molecule has 1 aromatic heterocycles. The molecule has 0 spiro atoms. The third kappa shape index (κ3) is 3.17. The number of aromatic nitrogens is 1. The van der Waals surface area contributed by atoms with Crippen LogP contribution in [0.5, 0.6) is 0 Å². The van der Waals surface area contributed by atoms with Gasteiger partial charge in [-0.2, -0.15) is 0 Å². The van der Waals surface area contributed by atoms with Gasteiger partial charge < -0.3 is 5.32 Å². The van der Waals surface area contributed by atoms with Gasteiger partial charge in [-0.1, -0.05) is 35.9 Å². The van der Waals surface area contributed by atoms with E-state index in [0.29, 0.717) is 6.04 Å². The minimum atomic E-state index is 0.340. The van der Waals surface area contributed by atoms with Crippen molar-refractivity contribution in [1.29, 1.82) is 0 Å². The monoisotopic (exact) mass is 240 g/mol. The number of aryl methyl sites for hydroxylation is 2. The van der Waals surface area contributed by atoms with Gasteiger partial charge in [-0.15, -0.1) is 0 Å². The third-order valence-corrected chi connectivity index (χ3v) is 3.27. The van der Waals surface area contributed by atoms with Crippen LogP contribution < -0.4 is 5.32 Å². The van der Waals surface area contributed by atoms with Crippen molar-refractivity contribution in [3.8, 4) is 0 Å². The molecule has 0 saturated heterocycles. The van der Waals surface area contributed by atoms with E-state index in [2.05, 4.69) is 61.4 Å². The summed E-state index contributed by atoms with van der Waals surface area (Å²) in [5, 5.41) is 3.51. The molecule has 0 aliphatic rings. The predicted molar refractivity (Wildman–Crippen MR) is 75.4 cm³/mol. The van der Waals surface area contributed by atoms with Gasteiger partial charge in [0.05, 0.1) is 5.69 Å². The molecule has 0 bridgehead atoms. The summed E-state index contributed by atoms with van der Waals surface area (Å²) in [6.07, 6.45) is 1.85. The molecule has 1 N–H and O–H groups in total. The van der Waals surface area contributed by atoms with E-state index in [1.807, 2.05) is 12.3 Å². The quantitative estimate of drug-likeness (QED) is 0.884. The zero-order valence-electron chi connectivity index (χ0n) is 11.3. The van der Waals surface area contributed by atoms with E-state index in [0.717, 1.165) is 12.2 Å². The number of hydrogen-bond acceptors (Lipinski definition) is 2. The molecular formula is C16H20N2. The summed E-state index contributed by atoms with van der Waals surface area (Å²) in [5.41, 5.74) is 4.97. The number of rotatable bonds is 4. The molecule has 1 heterocycles. The van der Waals surface area contributed by atoms with Crippen molar-refractivity contribution in [2.24, 2.45) is 0 Å². The Bertz CT molecular complexity index is 503. The molecule has 2 heteroatoms. The number of pyridine rings is 1. The maximum atomic E-state index is 4.40. The number of nitrogens with zero attached hydrogens (tertiary/aromatic N) is 1. The van der Waals surface area contributed by atoms with Crippen molar-refractivity contribution in [2.45, 2.75) is 33.4 Å². The molecule has 18 heavy (non-hydrogen) atoms. The van der Waals surface area contributed by atoms with Crippen molar-refractivity contribution in [3.63, 3.8) is 0 Å². The third-order valence-electron chi connectivity index (χ3n) is 3.27. The van der Waals surface area contributed by atoms with Gasteiger partial charge in [0.15, 0.2) is 0 Å². The minimum absolute atomic E-state index is 0.340. The normalized spacial score (nSPS) is 12.4. The fraction of sp³-hybridized carbons (Fsp3) is 0.312. The van der Waals surface area contributed by atoms with Crippen molar-refractivity contribution in [2.75, 3.05) is 0 Å². The maximum absolute atomic E-state index is 4.40. The predicted octanol–water partition coefficient (Wildman–Crippen LogP) is 3.55. The topological polar surface area (TPSA) is 24.9 Å². The summed E-state index contributed by atoms with van der Waals surface area (Å²) >= 11 is 0. The molecule has 0 aliphatic carbocycles. The Morgan fingerprint density at radius 2 is 1.83 bits per heavy atom. The number of nitrogens with one attached hydrogen (secondary N) is 1. The van der Waals surface area contributed by atoms with Crippen LogP contribution in [0.4, 0.5) is 0 Å². The highest BCUT2D eigenvalue weighted by Crippen LogP contribution is 2.14. The fourth-order valence-electron chi connectivity index (χ4n) is 1.93. The highest BCUT2D eigenvalue weighted by Gasteiger charge is 2.05. The van der Waals surface area contributed by atoms with Crippen LogP contribution in [0.3, 0.4) is 0 Å². The summed E-state index contributed by atoms with van der Waals surface area (Å²) < 4.78 is 0. The first-order valence-corrected chi connectivity index (χ1v) is 6.37. The fourth-order valence-corrected chi connectivity index (χ4v) is 1.93. The second kappa shape index (κ2) is 5.78. The Balaban J connectivity index is 1.98. The van der Waals surface area contributed by atoms with Gasteiger partial charge in [0.1, 0.15) is 0 Å². The van der Waals surface area contributed by atoms with E-state index >= 15 is 0 Å². The second-order valence-electron chi connectivity index (χ2n) is 4.78. The highest BCUT2D eigenvalue weighted by atomic mass is 14.9. The summed E-state index contributed by atoms with van der Waals surface area (Å²) in [5.74, 6) is 0. The first-order valence-electron chi connectivity index (χ1n) is 6.37. The molecule has 2 aromatic rings. The summed E-state index contributed by atoms with van der Waals surface area (Å²) in [7, 11) is 0. The largest absolute Gasteiger partial charge is 0.305 e. The van der Waals surface area contributed by atoms with Crippen molar-refractivity contribution in [1.82, 2.24) is 10.3 Å². The van der Waals surface area contributed by atoms with Gasteiger partial charge in [0.25, 0.3) is 0 Å².